The first-order valence-corrected chi connectivity index (χ1v) is 6.58. The molecular weight excluding hydrogens is 262 g/mol. The van der Waals surface area contributed by atoms with Crippen LogP contribution in [0.15, 0.2) is 12.1 Å². The van der Waals surface area contributed by atoms with Gasteiger partial charge in [0, 0.05) is 19.2 Å². The van der Waals surface area contributed by atoms with Gasteiger partial charge in [-0.3, -0.25) is 4.79 Å². The Morgan fingerprint density at radius 3 is 2.95 bits per heavy atom. The SMILES string of the molecule is CN1CCOC(COc2cc3c(cc2C=O)OCO3)C1. The van der Waals surface area contributed by atoms with Crippen molar-refractivity contribution < 1.29 is 23.7 Å². The molecule has 0 bridgehead atoms. The molecule has 0 N–H and O–H groups in total. The molecule has 108 valence electrons. The molecule has 6 nitrogen and oxygen atoms in total. The number of nitrogens with zero attached hydrogens (tertiary/aromatic N) is 1. The maximum absolute atomic E-state index is 11.1. The van der Waals surface area contributed by atoms with Gasteiger partial charge in [0.15, 0.2) is 17.8 Å². The summed E-state index contributed by atoms with van der Waals surface area (Å²) >= 11 is 0. The van der Waals surface area contributed by atoms with Crippen LogP contribution in [0.3, 0.4) is 0 Å². The van der Waals surface area contributed by atoms with Crippen molar-refractivity contribution in [2.75, 3.05) is 40.1 Å². The second kappa shape index (κ2) is 5.68. The summed E-state index contributed by atoms with van der Waals surface area (Å²) < 4.78 is 21.9. The van der Waals surface area contributed by atoms with Crippen LogP contribution < -0.4 is 14.2 Å². The van der Waals surface area contributed by atoms with Gasteiger partial charge in [-0.05, 0) is 13.1 Å². The number of likely N-dealkylation sites (N-methyl/N-ethyl adjacent to an activating group) is 1. The third kappa shape index (κ3) is 2.71. The van der Waals surface area contributed by atoms with E-state index in [-0.39, 0.29) is 12.9 Å². The molecule has 2 aliphatic heterocycles. The Hall–Kier alpha value is -1.79. The highest BCUT2D eigenvalue weighted by Gasteiger charge is 2.21. The monoisotopic (exact) mass is 279 g/mol. The Kier molecular flexibility index (Phi) is 3.75. The first-order valence-electron chi connectivity index (χ1n) is 6.58. The highest BCUT2D eigenvalue weighted by Crippen LogP contribution is 2.37. The van der Waals surface area contributed by atoms with E-state index in [1.165, 1.54) is 0 Å². The van der Waals surface area contributed by atoms with Crippen molar-refractivity contribution in [1.29, 1.82) is 0 Å². The summed E-state index contributed by atoms with van der Waals surface area (Å²) in [6.07, 6.45) is 0.768. The number of fused-ring (bicyclic) bond motifs is 1. The number of carbonyl (C=O) groups excluding carboxylic acids is 1. The molecule has 2 heterocycles. The van der Waals surface area contributed by atoms with E-state index in [9.17, 15) is 4.79 Å². The number of carbonyl (C=O) groups is 1. The van der Waals surface area contributed by atoms with Gasteiger partial charge >= 0.3 is 0 Å². The maximum atomic E-state index is 11.1. The van der Waals surface area contributed by atoms with Gasteiger partial charge in [-0.25, -0.2) is 0 Å². The molecule has 2 aliphatic rings. The topological polar surface area (TPSA) is 57.2 Å². The van der Waals surface area contributed by atoms with Crippen LogP contribution in [-0.4, -0.2) is 57.4 Å². The summed E-state index contributed by atoms with van der Waals surface area (Å²) in [6.45, 7) is 3.03. The average Bonchev–Trinajstić information content (AvgIpc) is 2.91. The van der Waals surface area contributed by atoms with E-state index in [0.717, 1.165) is 19.4 Å². The van der Waals surface area contributed by atoms with E-state index in [1.807, 2.05) is 7.05 Å². The minimum Gasteiger partial charge on any atom is -0.490 e. The summed E-state index contributed by atoms with van der Waals surface area (Å²) in [5, 5.41) is 0. The van der Waals surface area contributed by atoms with Crippen LogP contribution in [0.2, 0.25) is 0 Å². The fourth-order valence-corrected chi connectivity index (χ4v) is 2.31. The Morgan fingerprint density at radius 1 is 1.40 bits per heavy atom. The van der Waals surface area contributed by atoms with Crippen LogP contribution in [0, 0.1) is 0 Å². The summed E-state index contributed by atoms with van der Waals surface area (Å²) in [6, 6.07) is 3.33. The molecule has 0 radical (unpaired) electrons. The summed E-state index contributed by atoms with van der Waals surface area (Å²) in [7, 11) is 2.05. The lowest BCUT2D eigenvalue weighted by molar-refractivity contribution is -0.0404. The Bertz CT molecular complexity index is 505. The van der Waals surface area contributed by atoms with Crippen molar-refractivity contribution in [2.45, 2.75) is 6.10 Å². The van der Waals surface area contributed by atoms with Crippen LogP contribution >= 0.6 is 0 Å². The van der Waals surface area contributed by atoms with Crippen LogP contribution in [0.4, 0.5) is 0 Å². The Morgan fingerprint density at radius 2 is 2.20 bits per heavy atom. The molecule has 20 heavy (non-hydrogen) atoms. The Labute approximate surface area is 117 Å². The molecule has 0 amide bonds. The first-order chi connectivity index (χ1) is 9.76. The number of ether oxygens (including phenoxy) is 4. The molecule has 3 rings (SSSR count). The largest absolute Gasteiger partial charge is 0.490 e. The highest BCUT2D eigenvalue weighted by molar-refractivity contribution is 5.81. The van der Waals surface area contributed by atoms with Gasteiger partial charge in [-0.15, -0.1) is 0 Å². The Balaban J connectivity index is 1.69. The smallest absolute Gasteiger partial charge is 0.231 e. The quantitative estimate of drug-likeness (QED) is 0.764. The molecule has 0 spiro atoms. The fraction of sp³-hybridized carbons (Fsp3) is 0.500. The number of morpholine rings is 1. The van der Waals surface area contributed by atoms with Crippen molar-refractivity contribution in [3.63, 3.8) is 0 Å². The van der Waals surface area contributed by atoms with Gasteiger partial charge in [0.05, 0.1) is 12.2 Å². The van der Waals surface area contributed by atoms with Crippen LogP contribution in [0.1, 0.15) is 10.4 Å². The normalized spacial score (nSPS) is 21.8. The number of hydrogen-bond acceptors (Lipinski definition) is 6. The number of rotatable bonds is 4. The van der Waals surface area contributed by atoms with Gasteiger partial charge in [0.1, 0.15) is 18.5 Å². The van der Waals surface area contributed by atoms with E-state index in [4.69, 9.17) is 18.9 Å². The lowest BCUT2D eigenvalue weighted by Crippen LogP contribution is -2.42. The molecule has 1 fully saturated rings. The molecule has 6 heteroatoms. The third-order valence-electron chi connectivity index (χ3n) is 3.40. The van der Waals surface area contributed by atoms with E-state index < -0.39 is 0 Å². The molecule has 1 saturated heterocycles. The minimum absolute atomic E-state index is 0.0127. The molecule has 1 aromatic rings. The molecule has 1 atom stereocenters. The fourth-order valence-electron chi connectivity index (χ4n) is 2.31. The number of hydrogen-bond donors (Lipinski definition) is 0. The lowest BCUT2D eigenvalue weighted by Gasteiger charge is -2.29. The van der Waals surface area contributed by atoms with Crippen molar-refractivity contribution >= 4 is 6.29 Å². The zero-order valence-electron chi connectivity index (χ0n) is 11.3. The molecular formula is C14H17NO5. The van der Waals surface area contributed by atoms with Crippen LogP contribution in [0.5, 0.6) is 17.2 Å². The summed E-state index contributed by atoms with van der Waals surface area (Å²) in [4.78, 5) is 13.3. The van der Waals surface area contributed by atoms with E-state index in [2.05, 4.69) is 4.90 Å². The number of aldehydes is 1. The summed E-state index contributed by atoms with van der Waals surface area (Å²) in [5.41, 5.74) is 0.457. The third-order valence-corrected chi connectivity index (χ3v) is 3.40. The van der Waals surface area contributed by atoms with Gasteiger partial charge in [0.25, 0.3) is 0 Å². The second-order valence-electron chi connectivity index (χ2n) is 4.93. The second-order valence-corrected chi connectivity index (χ2v) is 4.93. The highest BCUT2D eigenvalue weighted by atomic mass is 16.7. The van der Waals surface area contributed by atoms with Gasteiger partial charge in [-0.1, -0.05) is 0 Å². The molecule has 0 aromatic heterocycles. The van der Waals surface area contributed by atoms with Crippen LogP contribution in [-0.2, 0) is 4.74 Å². The van der Waals surface area contributed by atoms with Crippen LogP contribution in [0.25, 0.3) is 0 Å². The van der Waals surface area contributed by atoms with E-state index >= 15 is 0 Å². The average molecular weight is 279 g/mol. The lowest BCUT2D eigenvalue weighted by atomic mass is 10.2. The van der Waals surface area contributed by atoms with E-state index in [0.29, 0.717) is 36.0 Å². The van der Waals surface area contributed by atoms with Gasteiger partial charge in [0.2, 0.25) is 6.79 Å². The van der Waals surface area contributed by atoms with Crippen molar-refractivity contribution in [1.82, 2.24) is 4.90 Å². The van der Waals surface area contributed by atoms with E-state index in [1.54, 1.807) is 12.1 Å². The standard InChI is InChI=1S/C14H17NO5/c1-15-2-3-17-11(6-15)8-18-12-5-14-13(19-9-20-14)4-10(12)7-16/h4-5,7,11H,2-3,6,8-9H2,1H3. The van der Waals surface area contributed by atoms with Gasteiger partial charge < -0.3 is 23.8 Å². The molecule has 0 saturated carbocycles. The molecule has 1 aromatic carbocycles. The summed E-state index contributed by atoms with van der Waals surface area (Å²) in [5.74, 6) is 1.68. The maximum Gasteiger partial charge on any atom is 0.231 e. The molecule has 1 unspecified atom stereocenters. The van der Waals surface area contributed by atoms with Crippen molar-refractivity contribution in [3.8, 4) is 17.2 Å². The zero-order chi connectivity index (χ0) is 13.9. The zero-order valence-corrected chi connectivity index (χ0v) is 11.3. The first kappa shape index (κ1) is 13.2. The van der Waals surface area contributed by atoms with Gasteiger partial charge in [-0.2, -0.15) is 0 Å². The molecule has 0 aliphatic carbocycles. The number of benzene rings is 1. The predicted octanol–water partition coefficient (Wildman–Crippen LogP) is 0.937. The minimum atomic E-state index is 0.0127. The van der Waals surface area contributed by atoms with Crippen molar-refractivity contribution in [3.05, 3.63) is 17.7 Å². The van der Waals surface area contributed by atoms with Crippen molar-refractivity contribution in [2.24, 2.45) is 0 Å². The predicted molar refractivity (Wildman–Crippen MR) is 70.7 cm³/mol.